The van der Waals surface area contributed by atoms with Crippen LogP contribution in [0.3, 0.4) is 0 Å². The van der Waals surface area contributed by atoms with Crippen LogP contribution in [0.5, 0.6) is 0 Å². The molecule has 1 heterocycles. The van der Waals surface area contributed by atoms with Crippen molar-refractivity contribution in [1.29, 1.82) is 5.26 Å². The Morgan fingerprint density at radius 1 is 1.35 bits per heavy atom. The number of rotatable bonds is 2. The van der Waals surface area contributed by atoms with E-state index in [2.05, 4.69) is 18.2 Å². The summed E-state index contributed by atoms with van der Waals surface area (Å²) in [6, 6.07) is 12.3. The maximum Gasteiger partial charge on any atom is 0.107 e. The Labute approximate surface area is 127 Å². The second-order valence-electron chi connectivity index (χ2n) is 5.28. The largest absolute Gasteiger partial charge is 0.386 e. The number of benzene rings is 1. The molecule has 1 aliphatic rings. The van der Waals surface area contributed by atoms with Crippen LogP contribution < -0.4 is 0 Å². The molecule has 0 bridgehead atoms. The standard InChI is InChI=1S/C16H14ClNOS/c17-13-7-14(20-9-13)15(19)16(10-18)6-5-11-3-1-2-4-12(11)8-16/h1-4,7,9,15,19H,5-6,8H2. The minimum Gasteiger partial charge on any atom is -0.386 e. The van der Waals surface area contributed by atoms with E-state index < -0.39 is 11.5 Å². The Morgan fingerprint density at radius 3 is 2.75 bits per heavy atom. The van der Waals surface area contributed by atoms with Crippen molar-refractivity contribution in [2.45, 2.75) is 25.4 Å². The van der Waals surface area contributed by atoms with Crippen molar-refractivity contribution in [3.63, 3.8) is 0 Å². The quantitative estimate of drug-likeness (QED) is 0.906. The Kier molecular flexibility index (Phi) is 3.55. The van der Waals surface area contributed by atoms with E-state index in [1.807, 2.05) is 12.1 Å². The summed E-state index contributed by atoms with van der Waals surface area (Å²) in [5.74, 6) is 0. The Balaban J connectivity index is 1.96. The number of hydrogen-bond donors (Lipinski definition) is 1. The SMILES string of the molecule is N#CC1(C(O)c2cc(Cl)cs2)CCc2ccccc2C1. The number of aliphatic hydroxyl groups excluding tert-OH is 1. The second-order valence-corrected chi connectivity index (χ2v) is 6.66. The number of nitriles is 1. The van der Waals surface area contributed by atoms with E-state index in [1.165, 1.54) is 22.5 Å². The van der Waals surface area contributed by atoms with Gasteiger partial charge in [-0.2, -0.15) is 5.26 Å². The fourth-order valence-electron chi connectivity index (χ4n) is 2.89. The minimum atomic E-state index is -0.779. The van der Waals surface area contributed by atoms with Crippen molar-refractivity contribution in [2.24, 2.45) is 5.41 Å². The third-order valence-corrected chi connectivity index (χ3v) is 5.40. The number of halogens is 1. The lowest BCUT2D eigenvalue weighted by Gasteiger charge is -2.35. The first-order valence-electron chi connectivity index (χ1n) is 6.55. The van der Waals surface area contributed by atoms with Gasteiger partial charge in [-0.25, -0.2) is 0 Å². The van der Waals surface area contributed by atoms with Crippen LogP contribution in [0, 0.1) is 16.7 Å². The zero-order valence-electron chi connectivity index (χ0n) is 10.8. The van der Waals surface area contributed by atoms with Crippen molar-refractivity contribution < 1.29 is 5.11 Å². The van der Waals surface area contributed by atoms with Crippen LogP contribution in [0.4, 0.5) is 0 Å². The summed E-state index contributed by atoms with van der Waals surface area (Å²) in [6.45, 7) is 0. The minimum absolute atomic E-state index is 0.594. The number of aliphatic hydroxyl groups is 1. The summed E-state index contributed by atoms with van der Waals surface area (Å²) in [4.78, 5) is 0.774. The lowest BCUT2D eigenvalue weighted by Crippen LogP contribution is -2.33. The van der Waals surface area contributed by atoms with Gasteiger partial charge in [0.1, 0.15) is 6.10 Å². The van der Waals surface area contributed by atoms with E-state index in [9.17, 15) is 10.4 Å². The highest BCUT2D eigenvalue weighted by Crippen LogP contribution is 2.46. The first kappa shape index (κ1) is 13.6. The van der Waals surface area contributed by atoms with Crippen LogP contribution in [0.25, 0.3) is 0 Å². The highest BCUT2D eigenvalue weighted by Gasteiger charge is 2.42. The molecule has 3 rings (SSSR count). The molecule has 2 nitrogen and oxygen atoms in total. The molecular weight excluding hydrogens is 290 g/mol. The van der Waals surface area contributed by atoms with Gasteiger partial charge in [0.15, 0.2) is 0 Å². The summed E-state index contributed by atoms with van der Waals surface area (Å²) in [5, 5.41) is 22.7. The third kappa shape index (κ3) is 2.25. The topological polar surface area (TPSA) is 44.0 Å². The van der Waals surface area contributed by atoms with E-state index in [0.29, 0.717) is 17.9 Å². The van der Waals surface area contributed by atoms with Crippen LogP contribution in [0.1, 0.15) is 28.5 Å². The van der Waals surface area contributed by atoms with Gasteiger partial charge in [-0.1, -0.05) is 35.9 Å². The van der Waals surface area contributed by atoms with E-state index in [-0.39, 0.29) is 0 Å². The third-order valence-electron chi connectivity index (χ3n) is 4.07. The van der Waals surface area contributed by atoms with E-state index in [0.717, 1.165) is 11.3 Å². The van der Waals surface area contributed by atoms with E-state index in [4.69, 9.17) is 11.6 Å². The molecule has 0 spiro atoms. The number of nitrogens with zero attached hydrogens (tertiary/aromatic N) is 1. The summed E-state index contributed by atoms with van der Waals surface area (Å²) < 4.78 is 0. The molecule has 1 aliphatic carbocycles. The van der Waals surface area contributed by atoms with Crippen molar-refractivity contribution in [3.8, 4) is 6.07 Å². The molecule has 1 aromatic heterocycles. The lowest BCUT2D eigenvalue weighted by atomic mass is 9.69. The van der Waals surface area contributed by atoms with Gasteiger partial charge >= 0.3 is 0 Å². The second kappa shape index (κ2) is 5.21. The molecule has 0 saturated carbocycles. The summed E-state index contributed by atoms with van der Waals surface area (Å²) in [5.41, 5.74) is 1.71. The fourth-order valence-corrected chi connectivity index (χ4v) is 4.08. The molecule has 1 N–H and O–H groups in total. The average Bonchev–Trinajstić information content (AvgIpc) is 2.92. The Morgan fingerprint density at radius 2 is 2.10 bits per heavy atom. The first-order valence-corrected chi connectivity index (χ1v) is 7.80. The van der Waals surface area contributed by atoms with Gasteiger partial charge in [-0.05, 0) is 36.5 Å². The van der Waals surface area contributed by atoms with Gasteiger partial charge in [0, 0.05) is 10.3 Å². The van der Waals surface area contributed by atoms with Crippen LogP contribution in [0.2, 0.25) is 5.02 Å². The van der Waals surface area contributed by atoms with E-state index >= 15 is 0 Å². The first-order chi connectivity index (χ1) is 9.64. The molecule has 0 amide bonds. The van der Waals surface area contributed by atoms with Crippen molar-refractivity contribution in [2.75, 3.05) is 0 Å². The smallest absolute Gasteiger partial charge is 0.107 e. The van der Waals surface area contributed by atoms with Crippen LogP contribution in [-0.4, -0.2) is 5.11 Å². The van der Waals surface area contributed by atoms with Gasteiger partial charge in [-0.3, -0.25) is 0 Å². The molecule has 2 aromatic rings. The predicted octanol–water partition coefficient (Wildman–Crippen LogP) is 4.13. The molecule has 102 valence electrons. The number of thiophene rings is 1. The number of aryl methyl sites for hydroxylation is 1. The van der Waals surface area contributed by atoms with Gasteiger partial charge in [0.05, 0.1) is 16.5 Å². The van der Waals surface area contributed by atoms with Crippen molar-refractivity contribution in [1.82, 2.24) is 0 Å². The van der Waals surface area contributed by atoms with Gasteiger partial charge in [0.25, 0.3) is 0 Å². The molecule has 2 atom stereocenters. The van der Waals surface area contributed by atoms with Gasteiger partial charge in [0.2, 0.25) is 0 Å². The molecule has 0 fully saturated rings. The maximum atomic E-state index is 10.7. The number of fused-ring (bicyclic) bond motifs is 1. The highest BCUT2D eigenvalue weighted by atomic mass is 35.5. The molecular formula is C16H14ClNOS. The zero-order chi connectivity index (χ0) is 14.2. The highest BCUT2D eigenvalue weighted by molar-refractivity contribution is 7.10. The molecule has 2 unspecified atom stereocenters. The monoisotopic (exact) mass is 303 g/mol. The predicted molar refractivity (Wildman–Crippen MR) is 80.8 cm³/mol. The Bertz CT molecular complexity index is 675. The van der Waals surface area contributed by atoms with Crippen LogP contribution in [-0.2, 0) is 12.8 Å². The maximum absolute atomic E-state index is 10.7. The van der Waals surface area contributed by atoms with Gasteiger partial charge in [-0.15, -0.1) is 11.3 Å². The summed E-state index contributed by atoms with van der Waals surface area (Å²) >= 11 is 7.34. The van der Waals surface area contributed by atoms with Crippen LogP contribution in [0.15, 0.2) is 35.7 Å². The summed E-state index contributed by atoms with van der Waals surface area (Å²) in [7, 11) is 0. The summed E-state index contributed by atoms with van der Waals surface area (Å²) in [6.07, 6.45) is 1.33. The molecule has 0 aliphatic heterocycles. The van der Waals surface area contributed by atoms with Crippen molar-refractivity contribution >= 4 is 22.9 Å². The van der Waals surface area contributed by atoms with E-state index in [1.54, 1.807) is 11.4 Å². The van der Waals surface area contributed by atoms with Crippen molar-refractivity contribution in [3.05, 3.63) is 56.7 Å². The van der Waals surface area contributed by atoms with Gasteiger partial charge < -0.3 is 5.11 Å². The zero-order valence-corrected chi connectivity index (χ0v) is 12.4. The number of hydrogen-bond acceptors (Lipinski definition) is 3. The Hall–Kier alpha value is -1.34. The molecule has 0 saturated heterocycles. The molecule has 0 radical (unpaired) electrons. The van der Waals surface area contributed by atoms with Crippen LogP contribution >= 0.6 is 22.9 Å². The lowest BCUT2D eigenvalue weighted by molar-refractivity contribution is 0.0556. The molecule has 1 aromatic carbocycles. The molecule has 20 heavy (non-hydrogen) atoms. The average molecular weight is 304 g/mol. The molecule has 4 heteroatoms. The fraction of sp³-hybridized carbons (Fsp3) is 0.312. The normalized spacial score (nSPS) is 22.9.